The second-order valence-corrected chi connectivity index (χ2v) is 6.40. The van der Waals surface area contributed by atoms with Gasteiger partial charge in [-0.25, -0.2) is 0 Å². The Balaban J connectivity index is 3.81. The Morgan fingerprint density at radius 1 is 0.762 bits per heavy atom. The van der Waals surface area contributed by atoms with Gasteiger partial charge < -0.3 is 9.47 Å². The van der Waals surface area contributed by atoms with Crippen molar-refractivity contribution in [3.05, 3.63) is 0 Å². The van der Waals surface area contributed by atoms with Crippen LogP contribution >= 0.6 is 0 Å². The molecule has 0 N–H and O–H groups in total. The van der Waals surface area contributed by atoms with E-state index in [0.717, 1.165) is 38.5 Å². The summed E-state index contributed by atoms with van der Waals surface area (Å²) in [4.78, 5) is 23.1. The second kappa shape index (κ2) is 11.6. The zero-order valence-corrected chi connectivity index (χ0v) is 14.2. The van der Waals surface area contributed by atoms with Gasteiger partial charge >= 0.3 is 11.9 Å². The van der Waals surface area contributed by atoms with Crippen molar-refractivity contribution in [2.45, 2.75) is 79.1 Å². The molecule has 0 aromatic heterocycles. The molecule has 0 saturated heterocycles. The third kappa shape index (κ3) is 12.4. The fourth-order valence-corrected chi connectivity index (χ4v) is 1.78. The number of rotatable bonds is 12. The summed E-state index contributed by atoms with van der Waals surface area (Å²) in [7, 11) is 0. The molecule has 0 aliphatic rings. The van der Waals surface area contributed by atoms with Crippen LogP contribution in [0.15, 0.2) is 0 Å². The van der Waals surface area contributed by atoms with Crippen molar-refractivity contribution in [2.24, 2.45) is 5.41 Å². The van der Waals surface area contributed by atoms with E-state index in [4.69, 9.17) is 9.47 Å². The van der Waals surface area contributed by atoms with Gasteiger partial charge in [0.05, 0.1) is 13.2 Å². The first-order chi connectivity index (χ1) is 9.91. The third-order valence-electron chi connectivity index (χ3n) is 3.22. The van der Waals surface area contributed by atoms with E-state index in [2.05, 4.69) is 13.8 Å². The SMILES string of the molecule is CCCCCC(=O)OCC(C)(C)COC(=O)CCCCC. The van der Waals surface area contributed by atoms with Crippen LogP contribution in [0.1, 0.15) is 79.1 Å². The van der Waals surface area contributed by atoms with E-state index in [1.54, 1.807) is 0 Å². The molecule has 0 bridgehead atoms. The molecule has 0 unspecified atom stereocenters. The molecule has 0 aliphatic heterocycles. The number of ether oxygens (including phenoxy) is 2. The Morgan fingerprint density at radius 2 is 1.14 bits per heavy atom. The molecule has 0 aromatic rings. The van der Waals surface area contributed by atoms with Gasteiger partial charge in [-0.15, -0.1) is 0 Å². The molecule has 0 amide bonds. The summed E-state index contributed by atoms with van der Waals surface area (Å²) in [5, 5.41) is 0. The zero-order chi connectivity index (χ0) is 16.1. The summed E-state index contributed by atoms with van der Waals surface area (Å²) in [6.07, 6.45) is 6.98. The van der Waals surface area contributed by atoms with Gasteiger partial charge in [0.1, 0.15) is 0 Å². The Labute approximate surface area is 129 Å². The number of hydrogen-bond donors (Lipinski definition) is 0. The van der Waals surface area contributed by atoms with Crippen LogP contribution in [0.3, 0.4) is 0 Å². The van der Waals surface area contributed by atoms with Crippen molar-refractivity contribution in [2.75, 3.05) is 13.2 Å². The molecule has 21 heavy (non-hydrogen) atoms. The van der Waals surface area contributed by atoms with E-state index in [9.17, 15) is 9.59 Å². The number of carbonyl (C=O) groups excluding carboxylic acids is 2. The van der Waals surface area contributed by atoms with Crippen LogP contribution in [-0.2, 0) is 19.1 Å². The minimum atomic E-state index is -0.333. The highest BCUT2D eigenvalue weighted by molar-refractivity contribution is 5.69. The van der Waals surface area contributed by atoms with Gasteiger partial charge in [-0.2, -0.15) is 0 Å². The molecule has 0 aromatic carbocycles. The standard InChI is InChI=1S/C17H32O4/c1-5-7-9-11-15(18)20-13-17(3,4)14-21-16(19)12-10-8-6-2/h5-14H2,1-4H3. The lowest BCUT2D eigenvalue weighted by molar-refractivity contribution is -0.152. The molecule has 0 spiro atoms. The molecule has 4 heteroatoms. The first-order valence-electron chi connectivity index (χ1n) is 8.22. The van der Waals surface area contributed by atoms with Crippen LogP contribution in [-0.4, -0.2) is 25.2 Å². The summed E-state index contributed by atoms with van der Waals surface area (Å²) in [6.45, 7) is 8.66. The summed E-state index contributed by atoms with van der Waals surface area (Å²) < 4.78 is 10.5. The van der Waals surface area contributed by atoms with E-state index in [1.807, 2.05) is 13.8 Å². The van der Waals surface area contributed by atoms with Gasteiger partial charge in [0, 0.05) is 18.3 Å². The maximum atomic E-state index is 11.5. The lowest BCUT2D eigenvalue weighted by atomic mass is 9.96. The molecular weight excluding hydrogens is 268 g/mol. The first-order valence-corrected chi connectivity index (χ1v) is 8.22. The Kier molecular flexibility index (Phi) is 11.0. The zero-order valence-electron chi connectivity index (χ0n) is 14.2. The predicted molar refractivity (Wildman–Crippen MR) is 84.0 cm³/mol. The maximum Gasteiger partial charge on any atom is 0.305 e. The maximum absolute atomic E-state index is 11.5. The average molecular weight is 300 g/mol. The molecule has 0 saturated carbocycles. The molecular formula is C17H32O4. The minimum Gasteiger partial charge on any atom is -0.465 e. The average Bonchev–Trinajstić information content (AvgIpc) is 2.44. The van der Waals surface area contributed by atoms with E-state index < -0.39 is 0 Å². The Hall–Kier alpha value is -1.06. The number of carbonyl (C=O) groups is 2. The largest absolute Gasteiger partial charge is 0.465 e. The second-order valence-electron chi connectivity index (χ2n) is 6.40. The van der Waals surface area contributed by atoms with Crippen LogP contribution in [0.25, 0.3) is 0 Å². The number of unbranched alkanes of at least 4 members (excludes halogenated alkanes) is 4. The highest BCUT2D eigenvalue weighted by atomic mass is 16.5. The lowest BCUT2D eigenvalue weighted by Crippen LogP contribution is -2.28. The highest BCUT2D eigenvalue weighted by Gasteiger charge is 2.22. The van der Waals surface area contributed by atoms with Crippen LogP contribution in [0, 0.1) is 5.41 Å². The first kappa shape index (κ1) is 19.9. The molecule has 0 atom stereocenters. The van der Waals surface area contributed by atoms with Gasteiger partial charge in [-0.3, -0.25) is 9.59 Å². The third-order valence-corrected chi connectivity index (χ3v) is 3.22. The van der Waals surface area contributed by atoms with Crippen molar-refractivity contribution < 1.29 is 19.1 Å². The quantitative estimate of drug-likeness (QED) is 0.399. The fourth-order valence-electron chi connectivity index (χ4n) is 1.78. The van der Waals surface area contributed by atoms with Gasteiger partial charge in [0.15, 0.2) is 0 Å². The predicted octanol–water partition coefficient (Wildman–Crippen LogP) is 4.26. The monoisotopic (exact) mass is 300 g/mol. The topological polar surface area (TPSA) is 52.6 Å². The van der Waals surface area contributed by atoms with Crippen molar-refractivity contribution in [3.8, 4) is 0 Å². The van der Waals surface area contributed by atoms with E-state index in [1.165, 1.54) is 0 Å². The summed E-state index contributed by atoms with van der Waals surface area (Å²) in [5.41, 5.74) is -0.333. The molecule has 0 rings (SSSR count). The van der Waals surface area contributed by atoms with Gasteiger partial charge in [0.25, 0.3) is 0 Å². The summed E-state index contributed by atoms with van der Waals surface area (Å²) in [5.74, 6) is -0.323. The van der Waals surface area contributed by atoms with E-state index >= 15 is 0 Å². The van der Waals surface area contributed by atoms with Crippen LogP contribution in [0.5, 0.6) is 0 Å². The van der Waals surface area contributed by atoms with Gasteiger partial charge in [-0.1, -0.05) is 53.4 Å². The summed E-state index contributed by atoms with van der Waals surface area (Å²) in [6, 6.07) is 0. The molecule has 4 nitrogen and oxygen atoms in total. The van der Waals surface area contributed by atoms with Crippen LogP contribution < -0.4 is 0 Å². The fraction of sp³-hybridized carbons (Fsp3) is 0.882. The van der Waals surface area contributed by atoms with E-state index in [-0.39, 0.29) is 17.4 Å². The Bertz CT molecular complexity index is 269. The van der Waals surface area contributed by atoms with Crippen molar-refractivity contribution >= 4 is 11.9 Å². The molecule has 0 radical (unpaired) electrons. The minimum absolute atomic E-state index is 0.161. The molecule has 0 aliphatic carbocycles. The lowest BCUT2D eigenvalue weighted by Gasteiger charge is -2.23. The number of hydrogen-bond acceptors (Lipinski definition) is 4. The van der Waals surface area contributed by atoms with Crippen LogP contribution in [0.2, 0.25) is 0 Å². The molecule has 0 fully saturated rings. The van der Waals surface area contributed by atoms with E-state index in [0.29, 0.717) is 26.1 Å². The number of esters is 2. The molecule has 0 heterocycles. The van der Waals surface area contributed by atoms with Crippen molar-refractivity contribution in [1.82, 2.24) is 0 Å². The van der Waals surface area contributed by atoms with Crippen molar-refractivity contribution in [3.63, 3.8) is 0 Å². The van der Waals surface area contributed by atoms with Gasteiger partial charge in [-0.05, 0) is 12.8 Å². The highest BCUT2D eigenvalue weighted by Crippen LogP contribution is 2.17. The summed E-state index contributed by atoms with van der Waals surface area (Å²) >= 11 is 0. The van der Waals surface area contributed by atoms with Crippen molar-refractivity contribution in [1.29, 1.82) is 0 Å². The normalized spacial score (nSPS) is 11.2. The van der Waals surface area contributed by atoms with Gasteiger partial charge in [0.2, 0.25) is 0 Å². The Morgan fingerprint density at radius 3 is 1.48 bits per heavy atom. The molecule has 124 valence electrons. The van der Waals surface area contributed by atoms with Crippen LogP contribution in [0.4, 0.5) is 0 Å². The smallest absolute Gasteiger partial charge is 0.305 e.